The van der Waals surface area contributed by atoms with Crippen molar-refractivity contribution in [3.63, 3.8) is 0 Å². The van der Waals surface area contributed by atoms with Crippen molar-refractivity contribution in [3.8, 4) is 11.4 Å². The molecule has 3 rings (SSSR count). The highest BCUT2D eigenvalue weighted by atomic mass is 35.5. The van der Waals surface area contributed by atoms with Crippen LogP contribution in [0.4, 0.5) is 0 Å². The second-order valence-electron chi connectivity index (χ2n) is 6.88. The van der Waals surface area contributed by atoms with Crippen molar-refractivity contribution in [2.24, 2.45) is 0 Å². The van der Waals surface area contributed by atoms with Crippen molar-refractivity contribution in [2.45, 2.75) is 32.4 Å². The number of aromatic nitrogens is 2. The fraction of sp³-hybridized carbons (Fsp3) is 0.333. The van der Waals surface area contributed by atoms with Gasteiger partial charge in [0.1, 0.15) is 11.9 Å². The number of para-hydroxylation sites is 2. The number of hydrogen-bond acceptors (Lipinski definition) is 3. The third-order valence-electron chi connectivity index (χ3n) is 4.41. The van der Waals surface area contributed by atoms with E-state index in [4.69, 9.17) is 28.2 Å². The minimum Gasteiger partial charge on any atom is -0.352 e. The normalized spacial score (nSPS) is 12.5. The molecule has 0 saturated carbocycles. The van der Waals surface area contributed by atoms with E-state index in [1.807, 2.05) is 55.0 Å². The molecule has 0 aliphatic heterocycles. The summed E-state index contributed by atoms with van der Waals surface area (Å²) in [5.41, 5.74) is 2.60. The number of amides is 1. The molecule has 1 amide bonds. The van der Waals surface area contributed by atoms with Gasteiger partial charge < -0.3 is 9.88 Å². The fourth-order valence-electron chi connectivity index (χ4n) is 3.19. The third-order valence-corrected chi connectivity index (χ3v) is 5.80. The Hall–Kier alpha value is -1.69. The maximum absolute atomic E-state index is 13.1. The van der Waals surface area contributed by atoms with E-state index in [1.54, 1.807) is 23.9 Å². The Morgan fingerprint density at radius 3 is 2.61 bits per heavy atom. The number of rotatable bonds is 7. The van der Waals surface area contributed by atoms with Gasteiger partial charge in [-0.15, -0.1) is 0 Å². The molecule has 1 N–H and O–H groups in total. The summed E-state index contributed by atoms with van der Waals surface area (Å²) in [5, 5.41) is 4.01. The Kier molecular flexibility index (Phi) is 6.91. The van der Waals surface area contributed by atoms with Crippen LogP contribution in [-0.4, -0.2) is 33.5 Å². The number of fused-ring (bicyclic) bond motifs is 1. The Morgan fingerprint density at radius 2 is 1.93 bits per heavy atom. The largest absolute Gasteiger partial charge is 0.352 e. The number of carbonyl (C=O) groups is 1. The van der Waals surface area contributed by atoms with Crippen molar-refractivity contribution in [2.75, 3.05) is 12.0 Å². The van der Waals surface area contributed by atoms with Crippen LogP contribution in [0.15, 0.2) is 42.5 Å². The maximum atomic E-state index is 13.1. The van der Waals surface area contributed by atoms with Crippen LogP contribution >= 0.6 is 35.0 Å². The topological polar surface area (TPSA) is 46.9 Å². The summed E-state index contributed by atoms with van der Waals surface area (Å²) >= 11 is 14.1. The van der Waals surface area contributed by atoms with Crippen LogP contribution in [0.5, 0.6) is 0 Å². The molecule has 0 aliphatic rings. The number of carbonyl (C=O) groups excluding carboxylic acids is 1. The molecule has 2 aromatic carbocycles. The number of imidazole rings is 1. The lowest BCUT2D eigenvalue weighted by Crippen LogP contribution is -2.37. The van der Waals surface area contributed by atoms with Gasteiger partial charge in [0.2, 0.25) is 5.91 Å². The second-order valence-corrected chi connectivity index (χ2v) is 8.68. The first kappa shape index (κ1) is 21.0. The average molecular weight is 436 g/mol. The van der Waals surface area contributed by atoms with Gasteiger partial charge in [-0.05, 0) is 62.6 Å². The number of nitrogens with zero attached hydrogens (tertiary/aromatic N) is 2. The smallest absolute Gasteiger partial charge is 0.243 e. The summed E-state index contributed by atoms with van der Waals surface area (Å²) in [4.78, 5) is 17.9. The van der Waals surface area contributed by atoms with Crippen LogP contribution in [0.2, 0.25) is 10.0 Å². The van der Waals surface area contributed by atoms with E-state index in [-0.39, 0.29) is 18.0 Å². The second kappa shape index (κ2) is 9.21. The molecule has 7 heteroatoms. The summed E-state index contributed by atoms with van der Waals surface area (Å²) < 4.78 is 2.03. The first-order chi connectivity index (χ1) is 13.4. The SMILES string of the molecule is CSCCC(C(=O)NC(C)C)n1c(-c2ccc(Cl)c(Cl)c2)nc2ccccc21. The summed E-state index contributed by atoms with van der Waals surface area (Å²) in [5.74, 6) is 1.57. The van der Waals surface area contributed by atoms with Gasteiger partial charge in [0.25, 0.3) is 0 Å². The zero-order chi connectivity index (χ0) is 20.3. The third kappa shape index (κ3) is 4.48. The van der Waals surface area contributed by atoms with Crippen LogP contribution in [0.25, 0.3) is 22.4 Å². The Labute approximate surface area is 179 Å². The van der Waals surface area contributed by atoms with E-state index in [0.717, 1.165) is 22.3 Å². The first-order valence-corrected chi connectivity index (χ1v) is 11.3. The molecule has 0 radical (unpaired) electrons. The van der Waals surface area contributed by atoms with Gasteiger partial charge in [0, 0.05) is 11.6 Å². The highest BCUT2D eigenvalue weighted by Gasteiger charge is 2.26. The predicted octanol–water partition coefficient (Wildman–Crippen LogP) is 5.83. The summed E-state index contributed by atoms with van der Waals surface area (Å²) in [6, 6.07) is 13.0. The molecule has 1 atom stereocenters. The van der Waals surface area contributed by atoms with Gasteiger partial charge in [0.05, 0.1) is 21.1 Å². The highest BCUT2D eigenvalue weighted by molar-refractivity contribution is 7.98. The van der Waals surface area contributed by atoms with Crippen LogP contribution in [0, 0.1) is 0 Å². The molecule has 1 unspecified atom stereocenters. The molecular weight excluding hydrogens is 413 g/mol. The predicted molar refractivity (Wildman–Crippen MR) is 121 cm³/mol. The van der Waals surface area contributed by atoms with E-state index in [9.17, 15) is 4.79 Å². The highest BCUT2D eigenvalue weighted by Crippen LogP contribution is 2.33. The lowest BCUT2D eigenvalue weighted by atomic mass is 10.1. The molecule has 0 saturated heterocycles. The van der Waals surface area contributed by atoms with Crippen LogP contribution in [-0.2, 0) is 4.79 Å². The van der Waals surface area contributed by atoms with E-state index in [0.29, 0.717) is 22.3 Å². The van der Waals surface area contributed by atoms with Crippen LogP contribution in [0.3, 0.4) is 0 Å². The lowest BCUT2D eigenvalue weighted by molar-refractivity contribution is -0.124. The molecule has 148 valence electrons. The first-order valence-electron chi connectivity index (χ1n) is 9.14. The summed E-state index contributed by atoms with van der Waals surface area (Å²) in [6.07, 6.45) is 2.75. The molecule has 28 heavy (non-hydrogen) atoms. The summed E-state index contributed by atoms with van der Waals surface area (Å²) in [7, 11) is 0. The van der Waals surface area contributed by atoms with Crippen molar-refractivity contribution in [3.05, 3.63) is 52.5 Å². The van der Waals surface area contributed by atoms with Gasteiger partial charge in [-0.2, -0.15) is 11.8 Å². The molecular formula is C21H23Cl2N3OS. The van der Waals surface area contributed by atoms with Crippen molar-refractivity contribution in [1.82, 2.24) is 14.9 Å². The number of halogens is 2. The number of hydrogen-bond donors (Lipinski definition) is 1. The molecule has 1 aromatic heterocycles. The van der Waals surface area contributed by atoms with E-state index in [1.165, 1.54) is 0 Å². The number of nitrogens with one attached hydrogen (secondary N) is 1. The molecule has 3 aromatic rings. The number of benzene rings is 2. The van der Waals surface area contributed by atoms with Gasteiger partial charge in [-0.3, -0.25) is 4.79 Å². The zero-order valence-corrected chi connectivity index (χ0v) is 18.4. The van der Waals surface area contributed by atoms with E-state index in [2.05, 4.69) is 5.32 Å². The fourth-order valence-corrected chi connectivity index (χ4v) is 3.94. The van der Waals surface area contributed by atoms with E-state index >= 15 is 0 Å². The molecule has 0 spiro atoms. The standard InChI is InChI=1S/C21H23Cl2N3OS/c1-13(2)24-21(27)19(10-11-28-3)26-18-7-5-4-6-17(18)25-20(26)14-8-9-15(22)16(23)12-14/h4-9,12-13,19H,10-11H2,1-3H3,(H,24,27). The lowest BCUT2D eigenvalue weighted by Gasteiger charge is -2.22. The molecule has 0 aliphatic carbocycles. The van der Waals surface area contributed by atoms with Crippen molar-refractivity contribution < 1.29 is 4.79 Å². The summed E-state index contributed by atoms with van der Waals surface area (Å²) in [6.45, 7) is 3.94. The Bertz CT molecular complexity index is 987. The number of thioether (sulfide) groups is 1. The van der Waals surface area contributed by atoms with Crippen molar-refractivity contribution >= 4 is 51.9 Å². The molecule has 0 bridgehead atoms. The van der Waals surface area contributed by atoms with Crippen molar-refractivity contribution in [1.29, 1.82) is 0 Å². The minimum atomic E-state index is -0.369. The van der Waals surface area contributed by atoms with Crippen LogP contribution in [0.1, 0.15) is 26.3 Å². The minimum absolute atomic E-state index is 0.00601. The Morgan fingerprint density at radius 1 is 1.18 bits per heavy atom. The average Bonchev–Trinajstić information content (AvgIpc) is 3.03. The monoisotopic (exact) mass is 435 g/mol. The Balaban J connectivity index is 2.20. The molecule has 0 fully saturated rings. The maximum Gasteiger partial charge on any atom is 0.243 e. The quantitative estimate of drug-likeness (QED) is 0.507. The zero-order valence-electron chi connectivity index (χ0n) is 16.1. The van der Waals surface area contributed by atoms with Gasteiger partial charge in [-0.25, -0.2) is 4.98 Å². The molecule has 1 heterocycles. The molecule has 4 nitrogen and oxygen atoms in total. The van der Waals surface area contributed by atoms with Crippen LogP contribution < -0.4 is 5.32 Å². The van der Waals surface area contributed by atoms with Gasteiger partial charge >= 0.3 is 0 Å². The van der Waals surface area contributed by atoms with E-state index < -0.39 is 0 Å². The van der Waals surface area contributed by atoms with Gasteiger partial charge in [-0.1, -0.05) is 35.3 Å². The van der Waals surface area contributed by atoms with Gasteiger partial charge in [0.15, 0.2) is 0 Å².